The maximum atomic E-state index is 12.9. The van der Waals surface area contributed by atoms with Crippen LogP contribution in [0.3, 0.4) is 0 Å². The summed E-state index contributed by atoms with van der Waals surface area (Å²) in [6, 6.07) is 21.5. The highest BCUT2D eigenvalue weighted by Gasteiger charge is 2.16. The zero-order valence-electron chi connectivity index (χ0n) is 13.9. The molecule has 0 heterocycles. The van der Waals surface area contributed by atoms with Gasteiger partial charge in [0.05, 0.1) is 12.2 Å². The van der Waals surface area contributed by atoms with Crippen LogP contribution in [0.4, 0.5) is 5.69 Å². The van der Waals surface area contributed by atoms with Crippen LogP contribution in [0.2, 0.25) is 0 Å². The first-order chi connectivity index (χ1) is 12.2. The molecule has 0 amide bonds. The number of ether oxygens (including phenoxy) is 2. The van der Waals surface area contributed by atoms with E-state index >= 15 is 0 Å². The molecule has 0 unspecified atom stereocenters. The Morgan fingerprint density at radius 1 is 0.920 bits per heavy atom. The number of nitrogen functional groups attached to an aromatic ring is 1. The molecule has 3 aromatic carbocycles. The van der Waals surface area contributed by atoms with Gasteiger partial charge < -0.3 is 15.2 Å². The maximum Gasteiger partial charge on any atom is 0.196 e. The van der Waals surface area contributed by atoms with Gasteiger partial charge in [-0.15, -0.1) is 0 Å². The van der Waals surface area contributed by atoms with E-state index in [9.17, 15) is 4.79 Å². The number of carbonyl (C=O) groups excluding carboxylic acids is 1. The van der Waals surface area contributed by atoms with Crippen LogP contribution < -0.4 is 15.2 Å². The van der Waals surface area contributed by atoms with E-state index < -0.39 is 0 Å². The van der Waals surface area contributed by atoms with Crippen molar-refractivity contribution in [1.29, 1.82) is 0 Å². The molecular weight excluding hydrogens is 314 g/mol. The molecule has 4 nitrogen and oxygen atoms in total. The summed E-state index contributed by atoms with van der Waals surface area (Å²) in [5.41, 5.74) is 7.32. The molecule has 0 spiro atoms. The molecule has 0 saturated carbocycles. The first kappa shape index (κ1) is 16.6. The second kappa shape index (κ2) is 7.53. The molecule has 0 aliphatic heterocycles. The standard InChI is InChI=1S/C21H19NO3/c1-2-24-20-13-12-18(25-17-6-4-3-5-7-17)14-19(20)21(23)15-8-10-16(22)11-9-15/h3-14H,2,22H2,1H3. The van der Waals surface area contributed by atoms with Gasteiger partial charge in [-0.3, -0.25) is 4.79 Å². The summed E-state index contributed by atoms with van der Waals surface area (Å²) in [6.45, 7) is 2.35. The van der Waals surface area contributed by atoms with Gasteiger partial charge >= 0.3 is 0 Å². The van der Waals surface area contributed by atoms with E-state index in [1.807, 2.05) is 37.3 Å². The zero-order valence-corrected chi connectivity index (χ0v) is 13.9. The molecule has 3 aromatic rings. The lowest BCUT2D eigenvalue weighted by molar-refractivity contribution is 0.103. The third kappa shape index (κ3) is 3.98. The molecule has 0 radical (unpaired) electrons. The van der Waals surface area contributed by atoms with Gasteiger partial charge in [0.25, 0.3) is 0 Å². The second-order valence-corrected chi connectivity index (χ2v) is 5.46. The molecule has 126 valence electrons. The van der Waals surface area contributed by atoms with Gasteiger partial charge in [0.15, 0.2) is 5.78 Å². The Morgan fingerprint density at radius 3 is 2.32 bits per heavy atom. The van der Waals surface area contributed by atoms with E-state index in [-0.39, 0.29) is 5.78 Å². The van der Waals surface area contributed by atoms with Gasteiger partial charge in [-0.2, -0.15) is 0 Å². The fourth-order valence-electron chi connectivity index (χ4n) is 2.45. The van der Waals surface area contributed by atoms with Crippen LogP contribution in [0.25, 0.3) is 0 Å². The van der Waals surface area contributed by atoms with E-state index in [4.69, 9.17) is 15.2 Å². The van der Waals surface area contributed by atoms with E-state index in [1.54, 1.807) is 42.5 Å². The molecule has 0 aliphatic carbocycles. The van der Waals surface area contributed by atoms with Gasteiger partial charge in [-0.05, 0) is 61.5 Å². The van der Waals surface area contributed by atoms with Gasteiger partial charge in [0.2, 0.25) is 0 Å². The van der Waals surface area contributed by atoms with E-state index in [0.29, 0.717) is 40.7 Å². The highest BCUT2D eigenvalue weighted by Crippen LogP contribution is 2.29. The largest absolute Gasteiger partial charge is 0.493 e. The van der Waals surface area contributed by atoms with Gasteiger partial charge in [0.1, 0.15) is 17.2 Å². The Labute approximate surface area is 146 Å². The highest BCUT2D eigenvalue weighted by molar-refractivity contribution is 6.11. The molecule has 4 heteroatoms. The molecule has 0 atom stereocenters. The Bertz CT molecular complexity index is 858. The van der Waals surface area contributed by atoms with Crippen molar-refractivity contribution in [1.82, 2.24) is 0 Å². The molecular formula is C21H19NO3. The van der Waals surface area contributed by atoms with Gasteiger partial charge in [-0.1, -0.05) is 18.2 Å². The minimum absolute atomic E-state index is 0.137. The summed E-state index contributed by atoms with van der Waals surface area (Å²) in [5.74, 6) is 1.68. The van der Waals surface area contributed by atoms with E-state index in [1.165, 1.54) is 0 Å². The number of anilines is 1. The van der Waals surface area contributed by atoms with Crippen LogP contribution in [0.15, 0.2) is 72.8 Å². The van der Waals surface area contributed by atoms with E-state index in [2.05, 4.69) is 0 Å². The van der Waals surface area contributed by atoms with Gasteiger partial charge in [-0.25, -0.2) is 0 Å². The summed E-state index contributed by atoms with van der Waals surface area (Å²) >= 11 is 0. The smallest absolute Gasteiger partial charge is 0.196 e. The first-order valence-corrected chi connectivity index (χ1v) is 8.07. The number of hydrogen-bond donors (Lipinski definition) is 1. The van der Waals surface area contributed by atoms with Crippen LogP contribution in [0, 0.1) is 0 Å². The van der Waals surface area contributed by atoms with Crippen molar-refractivity contribution in [2.45, 2.75) is 6.92 Å². The van der Waals surface area contributed by atoms with Crippen LogP contribution in [-0.2, 0) is 0 Å². The molecule has 0 aromatic heterocycles. The number of nitrogens with two attached hydrogens (primary N) is 1. The Morgan fingerprint density at radius 2 is 1.64 bits per heavy atom. The van der Waals surface area contributed by atoms with Crippen molar-refractivity contribution in [3.8, 4) is 17.2 Å². The number of ketones is 1. The van der Waals surface area contributed by atoms with Crippen molar-refractivity contribution in [2.24, 2.45) is 0 Å². The van der Waals surface area contributed by atoms with Crippen molar-refractivity contribution in [3.63, 3.8) is 0 Å². The second-order valence-electron chi connectivity index (χ2n) is 5.46. The first-order valence-electron chi connectivity index (χ1n) is 8.07. The Balaban J connectivity index is 1.95. The van der Waals surface area contributed by atoms with Crippen molar-refractivity contribution in [3.05, 3.63) is 83.9 Å². The molecule has 2 N–H and O–H groups in total. The lowest BCUT2D eigenvalue weighted by Gasteiger charge is -2.12. The Kier molecular flexibility index (Phi) is 5.00. The minimum atomic E-state index is -0.137. The number of para-hydroxylation sites is 1. The molecule has 25 heavy (non-hydrogen) atoms. The highest BCUT2D eigenvalue weighted by atomic mass is 16.5. The van der Waals surface area contributed by atoms with E-state index in [0.717, 1.165) is 0 Å². The topological polar surface area (TPSA) is 61.5 Å². The lowest BCUT2D eigenvalue weighted by atomic mass is 10.0. The molecule has 3 rings (SSSR count). The minimum Gasteiger partial charge on any atom is -0.493 e. The fraction of sp³-hybridized carbons (Fsp3) is 0.0952. The summed E-state index contributed by atoms with van der Waals surface area (Å²) in [4.78, 5) is 12.9. The van der Waals surface area contributed by atoms with Gasteiger partial charge in [0, 0.05) is 11.3 Å². The number of rotatable bonds is 6. The van der Waals surface area contributed by atoms with Crippen molar-refractivity contribution in [2.75, 3.05) is 12.3 Å². The Hall–Kier alpha value is -3.27. The van der Waals surface area contributed by atoms with Crippen molar-refractivity contribution < 1.29 is 14.3 Å². The third-order valence-electron chi connectivity index (χ3n) is 3.65. The maximum absolute atomic E-state index is 12.9. The summed E-state index contributed by atoms with van der Waals surface area (Å²) in [5, 5.41) is 0. The van der Waals surface area contributed by atoms with Crippen LogP contribution in [0.1, 0.15) is 22.8 Å². The third-order valence-corrected chi connectivity index (χ3v) is 3.65. The summed E-state index contributed by atoms with van der Waals surface area (Å²) < 4.78 is 11.4. The number of benzene rings is 3. The monoisotopic (exact) mass is 333 g/mol. The average molecular weight is 333 g/mol. The molecule has 0 aliphatic rings. The number of carbonyl (C=O) groups is 1. The quantitative estimate of drug-likeness (QED) is 0.525. The zero-order chi connectivity index (χ0) is 17.6. The predicted molar refractivity (Wildman–Crippen MR) is 98.4 cm³/mol. The average Bonchev–Trinajstić information content (AvgIpc) is 2.64. The summed E-state index contributed by atoms with van der Waals surface area (Å²) in [6.07, 6.45) is 0. The fourth-order valence-corrected chi connectivity index (χ4v) is 2.45. The molecule has 0 fully saturated rings. The van der Waals surface area contributed by atoms with Crippen molar-refractivity contribution >= 4 is 11.5 Å². The SMILES string of the molecule is CCOc1ccc(Oc2ccccc2)cc1C(=O)c1ccc(N)cc1. The number of hydrogen-bond acceptors (Lipinski definition) is 4. The summed E-state index contributed by atoms with van der Waals surface area (Å²) in [7, 11) is 0. The van der Waals surface area contributed by atoms with Crippen LogP contribution in [-0.4, -0.2) is 12.4 Å². The lowest BCUT2D eigenvalue weighted by Crippen LogP contribution is -2.06. The van der Waals surface area contributed by atoms with Crippen LogP contribution >= 0.6 is 0 Å². The molecule has 0 bridgehead atoms. The molecule has 0 saturated heterocycles. The van der Waals surface area contributed by atoms with Crippen LogP contribution in [0.5, 0.6) is 17.2 Å². The normalized spacial score (nSPS) is 10.3. The predicted octanol–water partition coefficient (Wildman–Crippen LogP) is 4.69.